The molecule has 156 valence electrons. The van der Waals surface area contributed by atoms with E-state index in [2.05, 4.69) is 12.2 Å². The molecule has 2 rings (SSSR count). The van der Waals surface area contributed by atoms with Crippen LogP contribution >= 0.6 is 0 Å². The van der Waals surface area contributed by atoms with Crippen LogP contribution in [-0.2, 0) is 4.79 Å². The molecule has 1 aliphatic rings. The molecule has 0 saturated carbocycles. The highest BCUT2D eigenvalue weighted by molar-refractivity contribution is 5.96. The predicted octanol–water partition coefficient (Wildman–Crippen LogP) is 2.87. The number of benzene rings is 1. The second kappa shape index (κ2) is 10.8. The van der Waals surface area contributed by atoms with Gasteiger partial charge < -0.3 is 24.4 Å². The van der Waals surface area contributed by atoms with E-state index in [1.807, 2.05) is 0 Å². The van der Waals surface area contributed by atoms with Crippen LogP contribution in [0, 0.1) is 5.92 Å². The van der Waals surface area contributed by atoms with E-state index in [-0.39, 0.29) is 17.7 Å². The topological polar surface area (TPSA) is 77.1 Å². The molecular weight excluding hydrogens is 360 g/mol. The molecular formula is C21H32N2O5. The number of unbranched alkanes of at least 4 members (excludes halogenated alkanes) is 2. The molecule has 1 aliphatic heterocycles. The summed E-state index contributed by atoms with van der Waals surface area (Å²) in [4.78, 5) is 27.0. The smallest absolute Gasteiger partial charge is 0.254 e. The third-order valence-corrected chi connectivity index (χ3v) is 5.14. The van der Waals surface area contributed by atoms with Crippen molar-refractivity contribution in [3.05, 3.63) is 17.7 Å². The molecule has 1 saturated heterocycles. The van der Waals surface area contributed by atoms with Gasteiger partial charge in [-0.15, -0.1) is 0 Å². The average Bonchev–Trinajstić information content (AvgIpc) is 2.74. The fourth-order valence-corrected chi connectivity index (χ4v) is 3.46. The third kappa shape index (κ3) is 5.30. The second-order valence-electron chi connectivity index (χ2n) is 6.98. The van der Waals surface area contributed by atoms with Crippen molar-refractivity contribution in [2.24, 2.45) is 5.92 Å². The van der Waals surface area contributed by atoms with Crippen molar-refractivity contribution in [2.45, 2.75) is 39.0 Å². The van der Waals surface area contributed by atoms with Gasteiger partial charge in [-0.3, -0.25) is 9.59 Å². The van der Waals surface area contributed by atoms with Crippen LogP contribution in [0.25, 0.3) is 0 Å². The first-order chi connectivity index (χ1) is 13.5. The fraction of sp³-hybridized carbons (Fsp3) is 0.619. The summed E-state index contributed by atoms with van der Waals surface area (Å²) in [6, 6.07) is 3.33. The Balaban J connectivity index is 1.97. The monoisotopic (exact) mass is 392 g/mol. The van der Waals surface area contributed by atoms with Gasteiger partial charge in [-0.2, -0.15) is 0 Å². The van der Waals surface area contributed by atoms with Crippen molar-refractivity contribution < 1.29 is 23.8 Å². The summed E-state index contributed by atoms with van der Waals surface area (Å²) in [7, 11) is 4.58. The largest absolute Gasteiger partial charge is 0.493 e. The third-order valence-electron chi connectivity index (χ3n) is 5.14. The Labute approximate surface area is 167 Å². The highest BCUT2D eigenvalue weighted by atomic mass is 16.5. The first-order valence-corrected chi connectivity index (χ1v) is 9.92. The molecule has 1 fully saturated rings. The number of ether oxygens (including phenoxy) is 3. The number of piperidine rings is 1. The molecule has 1 heterocycles. The number of carbonyl (C=O) groups excluding carboxylic acids is 2. The van der Waals surface area contributed by atoms with Crippen LogP contribution in [0.15, 0.2) is 12.1 Å². The number of likely N-dealkylation sites (tertiary alicyclic amines) is 1. The molecule has 0 aliphatic carbocycles. The molecule has 0 unspecified atom stereocenters. The van der Waals surface area contributed by atoms with E-state index in [9.17, 15) is 9.59 Å². The Morgan fingerprint density at radius 2 is 1.64 bits per heavy atom. The number of rotatable bonds is 9. The maximum Gasteiger partial charge on any atom is 0.254 e. The van der Waals surface area contributed by atoms with E-state index in [0.717, 1.165) is 25.8 Å². The summed E-state index contributed by atoms with van der Waals surface area (Å²) >= 11 is 0. The van der Waals surface area contributed by atoms with Gasteiger partial charge in [-0.1, -0.05) is 19.8 Å². The van der Waals surface area contributed by atoms with Crippen LogP contribution in [-0.4, -0.2) is 57.7 Å². The van der Waals surface area contributed by atoms with Gasteiger partial charge in [0.2, 0.25) is 11.7 Å². The van der Waals surface area contributed by atoms with Crippen LogP contribution in [0.4, 0.5) is 0 Å². The number of nitrogens with one attached hydrogen (secondary N) is 1. The summed E-state index contributed by atoms with van der Waals surface area (Å²) in [5, 5.41) is 3.02. The van der Waals surface area contributed by atoms with E-state index >= 15 is 0 Å². The number of amides is 2. The first kappa shape index (κ1) is 21.9. The molecule has 0 spiro atoms. The minimum atomic E-state index is -0.0962. The SMILES string of the molecule is CCCCCNC(=O)C1CCN(C(=O)c2cc(OC)c(OC)c(OC)c2)CC1. The van der Waals surface area contributed by atoms with Crippen LogP contribution < -0.4 is 19.5 Å². The summed E-state index contributed by atoms with van der Waals surface area (Å²) in [5.41, 5.74) is 0.483. The molecule has 0 aromatic heterocycles. The maximum atomic E-state index is 12.9. The number of methoxy groups -OCH3 is 3. The summed E-state index contributed by atoms with van der Waals surface area (Å²) in [6.07, 6.45) is 4.63. The van der Waals surface area contributed by atoms with Crippen molar-refractivity contribution in [3.8, 4) is 17.2 Å². The van der Waals surface area contributed by atoms with Crippen LogP contribution in [0.3, 0.4) is 0 Å². The number of hydrogen-bond acceptors (Lipinski definition) is 5. The van der Waals surface area contributed by atoms with Gasteiger partial charge in [-0.05, 0) is 31.4 Å². The summed E-state index contributed by atoms with van der Waals surface area (Å²) in [5.74, 6) is 1.35. The molecule has 7 heteroatoms. The van der Waals surface area contributed by atoms with Gasteiger partial charge in [0.1, 0.15) is 0 Å². The van der Waals surface area contributed by atoms with Crippen molar-refractivity contribution in [1.29, 1.82) is 0 Å². The molecule has 1 aromatic rings. The lowest BCUT2D eigenvalue weighted by Gasteiger charge is -2.31. The zero-order chi connectivity index (χ0) is 20.5. The van der Waals surface area contributed by atoms with Gasteiger partial charge in [0.05, 0.1) is 21.3 Å². The Bertz CT molecular complexity index is 644. The van der Waals surface area contributed by atoms with Gasteiger partial charge >= 0.3 is 0 Å². The van der Waals surface area contributed by atoms with Crippen molar-refractivity contribution in [2.75, 3.05) is 41.0 Å². The Morgan fingerprint density at radius 3 is 2.14 bits per heavy atom. The zero-order valence-electron chi connectivity index (χ0n) is 17.4. The van der Waals surface area contributed by atoms with Crippen molar-refractivity contribution >= 4 is 11.8 Å². The highest BCUT2D eigenvalue weighted by Gasteiger charge is 2.28. The highest BCUT2D eigenvalue weighted by Crippen LogP contribution is 2.38. The van der Waals surface area contributed by atoms with Gasteiger partial charge in [-0.25, -0.2) is 0 Å². The van der Waals surface area contributed by atoms with E-state index in [1.165, 1.54) is 21.3 Å². The lowest BCUT2D eigenvalue weighted by molar-refractivity contribution is -0.126. The van der Waals surface area contributed by atoms with E-state index in [1.54, 1.807) is 17.0 Å². The molecule has 7 nitrogen and oxygen atoms in total. The van der Waals surface area contributed by atoms with Crippen molar-refractivity contribution in [3.63, 3.8) is 0 Å². The average molecular weight is 392 g/mol. The second-order valence-corrected chi connectivity index (χ2v) is 6.98. The minimum absolute atomic E-state index is 0.0226. The van der Waals surface area contributed by atoms with Crippen molar-refractivity contribution in [1.82, 2.24) is 10.2 Å². The van der Waals surface area contributed by atoms with Crippen LogP contribution in [0.1, 0.15) is 49.4 Å². The van der Waals surface area contributed by atoms with Crippen LogP contribution in [0.5, 0.6) is 17.2 Å². The van der Waals surface area contributed by atoms with Gasteiger partial charge in [0.15, 0.2) is 11.5 Å². The molecule has 0 radical (unpaired) electrons. The molecule has 1 aromatic carbocycles. The van der Waals surface area contributed by atoms with Gasteiger partial charge in [0, 0.05) is 31.1 Å². The number of hydrogen-bond donors (Lipinski definition) is 1. The Hall–Kier alpha value is -2.44. The summed E-state index contributed by atoms with van der Waals surface area (Å²) in [6.45, 7) is 3.99. The van der Waals surface area contributed by atoms with Gasteiger partial charge in [0.25, 0.3) is 5.91 Å². The first-order valence-electron chi connectivity index (χ1n) is 9.92. The molecule has 0 atom stereocenters. The molecule has 1 N–H and O–H groups in total. The molecule has 0 bridgehead atoms. The normalized spacial score (nSPS) is 14.5. The van der Waals surface area contributed by atoms with Crippen LogP contribution in [0.2, 0.25) is 0 Å². The molecule has 2 amide bonds. The lowest BCUT2D eigenvalue weighted by Crippen LogP contribution is -2.43. The predicted molar refractivity (Wildman–Crippen MR) is 107 cm³/mol. The molecule has 28 heavy (non-hydrogen) atoms. The maximum absolute atomic E-state index is 12.9. The lowest BCUT2D eigenvalue weighted by atomic mass is 9.95. The van der Waals surface area contributed by atoms with E-state index in [0.29, 0.717) is 48.7 Å². The zero-order valence-corrected chi connectivity index (χ0v) is 17.4. The number of nitrogens with zero attached hydrogens (tertiary/aromatic N) is 1. The fourth-order valence-electron chi connectivity index (χ4n) is 3.46. The quantitative estimate of drug-likeness (QED) is 0.654. The van der Waals surface area contributed by atoms with E-state index < -0.39 is 0 Å². The van der Waals surface area contributed by atoms with E-state index in [4.69, 9.17) is 14.2 Å². The summed E-state index contributed by atoms with van der Waals surface area (Å²) < 4.78 is 16.0. The number of carbonyl (C=O) groups is 2. The Morgan fingerprint density at radius 1 is 1.04 bits per heavy atom. The Kier molecular flexibility index (Phi) is 8.42. The minimum Gasteiger partial charge on any atom is -0.493 e. The standard InChI is InChI=1S/C21H32N2O5/c1-5-6-7-10-22-20(24)15-8-11-23(12-9-15)21(25)16-13-17(26-2)19(28-4)18(14-16)27-3/h13-15H,5-12H2,1-4H3,(H,22,24).